The number of anilines is 1. The fourth-order valence-electron chi connectivity index (χ4n) is 3.09. The van der Waals surface area contributed by atoms with E-state index in [9.17, 15) is 18.0 Å². The zero-order chi connectivity index (χ0) is 20.6. The Labute approximate surface area is 167 Å². The molecule has 0 radical (unpaired) electrons. The number of halogens is 3. The summed E-state index contributed by atoms with van der Waals surface area (Å²) in [5.41, 5.74) is 6.87. The molecule has 0 aliphatic heterocycles. The first-order valence-corrected chi connectivity index (χ1v) is 9.41. The van der Waals surface area contributed by atoms with Gasteiger partial charge in [0.2, 0.25) is 0 Å². The predicted molar refractivity (Wildman–Crippen MR) is 106 cm³/mol. The highest BCUT2D eigenvalue weighted by molar-refractivity contribution is 7.17. The van der Waals surface area contributed by atoms with Crippen LogP contribution in [-0.2, 0) is 12.7 Å². The van der Waals surface area contributed by atoms with E-state index in [-0.39, 0.29) is 17.0 Å². The zero-order valence-corrected chi connectivity index (χ0v) is 15.7. The molecule has 0 fully saturated rings. The Hall–Kier alpha value is -3.33. The van der Waals surface area contributed by atoms with Gasteiger partial charge in [-0.15, -0.1) is 11.3 Å². The molecule has 1 amide bonds. The van der Waals surface area contributed by atoms with Crippen LogP contribution < -0.4 is 11.1 Å². The van der Waals surface area contributed by atoms with E-state index in [0.29, 0.717) is 10.7 Å². The number of alkyl halides is 3. The Balaban J connectivity index is 1.68. The lowest BCUT2D eigenvalue weighted by Crippen LogP contribution is -2.14. The van der Waals surface area contributed by atoms with Crippen molar-refractivity contribution in [2.75, 3.05) is 5.32 Å². The van der Waals surface area contributed by atoms with Crippen LogP contribution in [0.1, 0.15) is 20.8 Å². The Morgan fingerprint density at radius 1 is 1.14 bits per heavy atom. The molecule has 0 spiro atoms. The first-order valence-electron chi connectivity index (χ1n) is 8.59. The van der Waals surface area contributed by atoms with Gasteiger partial charge in [-0.1, -0.05) is 30.3 Å². The summed E-state index contributed by atoms with van der Waals surface area (Å²) in [6.07, 6.45) is -2.83. The molecule has 0 unspecified atom stereocenters. The van der Waals surface area contributed by atoms with Crippen molar-refractivity contribution >= 4 is 34.0 Å². The van der Waals surface area contributed by atoms with Gasteiger partial charge in [0.1, 0.15) is 16.2 Å². The number of carbonyl (C=O) groups excluding carboxylic acids is 1. The lowest BCUT2D eigenvalue weighted by molar-refractivity contribution is -0.138. The van der Waals surface area contributed by atoms with Crippen LogP contribution in [0.3, 0.4) is 0 Å². The second-order valence-electron chi connectivity index (χ2n) is 6.30. The summed E-state index contributed by atoms with van der Waals surface area (Å²) in [7, 11) is 0. The lowest BCUT2D eigenvalue weighted by atomic mass is 10.1. The molecule has 5 nitrogen and oxygen atoms in total. The third-order valence-corrected chi connectivity index (χ3v) is 5.57. The number of benzene rings is 2. The number of nitrogens with two attached hydrogens (primary N) is 1. The van der Waals surface area contributed by atoms with Crippen LogP contribution in [0.15, 0.2) is 60.9 Å². The molecular formula is C20H15F3N4OS. The Morgan fingerprint density at radius 2 is 1.86 bits per heavy atom. The fourth-order valence-corrected chi connectivity index (χ4v) is 4.06. The van der Waals surface area contributed by atoms with E-state index in [0.717, 1.165) is 28.4 Å². The predicted octanol–water partition coefficient (Wildman–Crippen LogP) is 4.82. The highest BCUT2D eigenvalue weighted by Crippen LogP contribution is 2.34. The van der Waals surface area contributed by atoms with Gasteiger partial charge in [0, 0.05) is 6.54 Å². The van der Waals surface area contributed by atoms with Crippen LogP contribution in [0.25, 0.3) is 16.0 Å². The molecule has 4 aromatic rings. The number of rotatable bonds is 5. The van der Waals surface area contributed by atoms with Crippen molar-refractivity contribution in [2.45, 2.75) is 12.7 Å². The molecule has 9 heteroatoms. The highest BCUT2D eigenvalue weighted by atomic mass is 32.1. The first kappa shape index (κ1) is 19.0. The minimum absolute atomic E-state index is 0.0799. The van der Waals surface area contributed by atoms with Crippen LogP contribution in [0, 0.1) is 0 Å². The molecule has 3 N–H and O–H groups in total. The highest BCUT2D eigenvalue weighted by Gasteiger charge is 2.32. The van der Waals surface area contributed by atoms with E-state index in [1.807, 2.05) is 24.3 Å². The summed E-state index contributed by atoms with van der Waals surface area (Å²) >= 11 is 1.15. The molecule has 2 heterocycles. The SMILES string of the molecule is NC(=O)c1sc(-n2cnc3ccccc32)cc1NCc1ccccc1C(F)(F)F. The molecule has 0 aliphatic rings. The fraction of sp³-hybridized carbons (Fsp3) is 0.100. The number of primary amides is 1. The van der Waals surface area contributed by atoms with Crippen molar-refractivity contribution in [3.8, 4) is 5.00 Å². The maximum Gasteiger partial charge on any atom is 0.416 e. The Kier molecular flexibility index (Phi) is 4.75. The van der Waals surface area contributed by atoms with Gasteiger partial charge in [-0.2, -0.15) is 13.2 Å². The Morgan fingerprint density at radius 3 is 2.62 bits per heavy atom. The number of aromatic nitrogens is 2. The van der Waals surface area contributed by atoms with Gasteiger partial charge >= 0.3 is 6.18 Å². The monoisotopic (exact) mass is 416 g/mol. The van der Waals surface area contributed by atoms with Gasteiger partial charge in [0.05, 0.1) is 22.3 Å². The van der Waals surface area contributed by atoms with E-state index in [4.69, 9.17) is 5.73 Å². The molecule has 0 saturated heterocycles. The molecule has 4 rings (SSSR count). The number of imidazole rings is 1. The number of amides is 1. The third kappa shape index (κ3) is 3.68. The molecule has 148 valence electrons. The lowest BCUT2D eigenvalue weighted by Gasteiger charge is -2.13. The summed E-state index contributed by atoms with van der Waals surface area (Å²) in [4.78, 5) is 16.5. The number of hydrogen-bond acceptors (Lipinski definition) is 4. The largest absolute Gasteiger partial charge is 0.416 e. The maximum absolute atomic E-state index is 13.2. The van der Waals surface area contributed by atoms with Gasteiger partial charge in [0.25, 0.3) is 5.91 Å². The molecule has 0 saturated carbocycles. The summed E-state index contributed by atoms with van der Waals surface area (Å²) in [6.45, 7) is -0.100. The van der Waals surface area contributed by atoms with Crippen molar-refractivity contribution in [3.05, 3.63) is 76.9 Å². The first-order chi connectivity index (χ1) is 13.8. The third-order valence-electron chi connectivity index (χ3n) is 4.43. The summed E-state index contributed by atoms with van der Waals surface area (Å²) < 4.78 is 41.4. The minimum atomic E-state index is -4.46. The number of hydrogen-bond donors (Lipinski definition) is 2. The molecule has 2 aromatic carbocycles. The summed E-state index contributed by atoms with van der Waals surface area (Å²) in [5.74, 6) is -0.655. The Bertz CT molecular complexity index is 1200. The van der Waals surface area contributed by atoms with Gasteiger partial charge in [0.15, 0.2) is 0 Å². The van der Waals surface area contributed by atoms with E-state index in [1.54, 1.807) is 17.0 Å². The van der Waals surface area contributed by atoms with Crippen molar-refractivity contribution in [2.24, 2.45) is 5.73 Å². The van der Waals surface area contributed by atoms with E-state index in [2.05, 4.69) is 10.3 Å². The second-order valence-corrected chi connectivity index (χ2v) is 7.33. The number of thiophene rings is 1. The van der Waals surface area contributed by atoms with E-state index < -0.39 is 17.6 Å². The van der Waals surface area contributed by atoms with Crippen LogP contribution in [0.4, 0.5) is 18.9 Å². The molecule has 0 atom stereocenters. The van der Waals surface area contributed by atoms with Crippen LogP contribution >= 0.6 is 11.3 Å². The molecule has 29 heavy (non-hydrogen) atoms. The van der Waals surface area contributed by atoms with Gasteiger partial charge in [-0.05, 0) is 29.8 Å². The second kappa shape index (κ2) is 7.25. The number of nitrogens with one attached hydrogen (secondary N) is 1. The smallest absolute Gasteiger partial charge is 0.380 e. The maximum atomic E-state index is 13.2. The number of fused-ring (bicyclic) bond motifs is 1. The number of para-hydroxylation sites is 2. The van der Waals surface area contributed by atoms with Crippen LogP contribution in [0.2, 0.25) is 0 Å². The number of carbonyl (C=O) groups is 1. The zero-order valence-electron chi connectivity index (χ0n) is 14.9. The van der Waals surface area contributed by atoms with Crippen molar-refractivity contribution in [1.82, 2.24) is 9.55 Å². The van der Waals surface area contributed by atoms with Gasteiger partial charge < -0.3 is 11.1 Å². The molecule has 2 aromatic heterocycles. The van der Waals surface area contributed by atoms with Crippen molar-refractivity contribution < 1.29 is 18.0 Å². The van der Waals surface area contributed by atoms with E-state index >= 15 is 0 Å². The van der Waals surface area contributed by atoms with E-state index in [1.165, 1.54) is 18.2 Å². The van der Waals surface area contributed by atoms with Crippen molar-refractivity contribution in [1.29, 1.82) is 0 Å². The standard InChI is InChI=1S/C20H15F3N4OS/c21-20(22,23)13-6-2-1-5-12(13)10-25-15-9-17(29-18(15)19(24)28)27-11-26-14-7-3-4-8-16(14)27/h1-9,11,25H,10H2,(H2,24,28). The van der Waals surface area contributed by atoms with Gasteiger partial charge in [-0.25, -0.2) is 4.98 Å². The van der Waals surface area contributed by atoms with Crippen molar-refractivity contribution in [3.63, 3.8) is 0 Å². The summed E-state index contributed by atoms with van der Waals surface area (Å²) in [6, 6.07) is 14.5. The average molecular weight is 416 g/mol. The normalized spacial score (nSPS) is 11.7. The van der Waals surface area contributed by atoms with Crippen LogP contribution in [0.5, 0.6) is 0 Å². The van der Waals surface area contributed by atoms with Gasteiger partial charge in [-0.3, -0.25) is 9.36 Å². The topological polar surface area (TPSA) is 72.9 Å². The number of nitrogens with zero attached hydrogens (tertiary/aromatic N) is 2. The molecule has 0 bridgehead atoms. The molecule has 0 aliphatic carbocycles. The quantitative estimate of drug-likeness (QED) is 0.490. The summed E-state index contributed by atoms with van der Waals surface area (Å²) in [5, 5.41) is 3.61. The minimum Gasteiger partial charge on any atom is -0.380 e. The average Bonchev–Trinajstić information content (AvgIpc) is 3.30. The molecular weight excluding hydrogens is 401 g/mol. The van der Waals surface area contributed by atoms with Crippen LogP contribution in [-0.4, -0.2) is 15.5 Å².